The number of nitrogens with one attached hydrogen (secondary N) is 2. The Morgan fingerprint density at radius 2 is 2.27 bits per heavy atom. The predicted molar refractivity (Wildman–Crippen MR) is 105 cm³/mol. The normalized spacial score (nSPS) is 17.1. The van der Waals surface area contributed by atoms with Gasteiger partial charge in [0.15, 0.2) is 0 Å². The number of thiazole rings is 1. The summed E-state index contributed by atoms with van der Waals surface area (Å²) in [5.74, 6) is -0.322. The van der Waals surface area contributed by atoms with Crippen LogP contribution in [0.15, 0.2) is 18.2 Å². The Hall–Kier alpha value is -1.89. The SMILES string of the molecule is CCOC(=O)c1sc(-c2cc(Cl)c3[nH]c(C4CCCN4)cc3c2)nc1C. The number of carbonyl (C=O) groups is 1. The molecule has 3 aromatic rings. The number of benzene rings is 1. The van der Waals surface area contributed by atoms with Gasteiger partial charge in [-0.3, -0.25) is 0 Å². The second-order valence-electron chi connectivity index (χ2n) is 6.45. The number of nitrogens with zero attached hydrogens (tertiary/aromatic N) is 1. The summed E-state index contributed by atoms with van der Waals surface area (Å²) >= 11 is 7.87. The summed E-state index contributed by atoms with van der Waals surface area (Å²) in [6, 6.07) is 6.49. The van der Waals surface area contributed by atoms with E-state index in [2.05, 4.69) is 27.4 Å². The van der Waals surface area contributed by atoms with Crippen LogP contribution in [0.4, 0.5) is 0 Å². The van der Waals surface area contributed by atoms with Crippen molar-refractivity contribution in [3.05, 3.63) is 39.5 Å². The number of ether oxygens (including phenoxy) is 1. The summed E-state index contributed by atoms with van der Waals surface area (Å²) in [5, 5.41) is 5.99. The molecule has 1 atom stereocenters. The number of halogens is 1. The highest BCUT2D eigenvalue weighted by Gasteiger charge is 2.21. The van der Waals surface area contributed by atoms with Crippen LogP contribution in [-0.2, 0) is 4.74 Å². The summed E-state index contributed by atoms with van der Waals surface area (Å²) in [5.41, 5.74) is 3.71. The van der Waals surface area contributed by atoms with E-state index in [1.165, 1.54) is 23.5 Å². The Morgan fingerprint density at radius 3 is 3.00 bits per heavy atom. The first-order valence-corrected chi connectivity index (χ1v) is 9.96. The third-order valence-electron chi connectivity index (χ3n) is 4.64. The lowest BCUT2D eigenvalue weighted by molar-refractivity contribution is 0.0531. The van der Waals surface area contributed by atoms with Crippen molar-refractivity contribution in [3.63, 3.8) is 0 Å². The maximum atomic E-state index is 12.0. The molecule has 4 rings (SSSR count). The topological polar surface area (TPSA) is 67.0 Å². The Balaban J connectivity index is 1.73. The van der Waals surface area contributed by atoms with Crippen molar-refractivity contribution in [1.29, 1.82) is 0 Å². The summed E-state index contributed by atoms with van der Waals surface area (Å²) < 4.78 is 5.11. The van der Waals surface area contributed by atoms with E-state index < -0.39 is 0 Å². The van der Waals surface area contributed by atoms with Crippen molar-refractivity contribution in [2.24, 2.45) is 0 Å². The zero-order chi connectivity index (χ0) is 18.3. The molecule has 1 saturated heterocycles. The van der Waals surface area contributed by atoms with Gasteiger partial charge in [-0.1, -0.05) is 11.6 Å². The molecule has 2 aromatic heterocycles. The molecular weight excluding hydrogens is 370 g/mol. The van der Waals surface area contributed by atoms with Gasteiger partial charge in [0.05, 0.1) is 22.8 Å². The second-order valence-corrected chi connectivity index (χ2v) is 7.86. The highest BCUT2D eigenvalue weighted by Crippen LogP contribution is 2.36. The van der Waals surface area contributed by atoms with E-state index in [0.717, 1.165) is 34.4 Å². The first kappa shape index (κ1) is 17.5. The molecule has 1 aliphatic heterocycles. The van der Waals surface area contributed by atoms with Gasteiger partial charge in [0.25, 0.3) is 0 Å². The fourth-order valence-electron chi connectivity index (χ4n) is 3.39. The molecule has 0 saturated carbocycles. The molecular formula is C19H20ClN3O2S. The Kier molecular flexibility index (Phi) is 4.73. The van der Waals surface area contributed by atoms with E-state index in [1.54, 1.807) is 6.92 Å². The molecule has 1 aromatic carbocycles. The third kappa shape index (κ3) is 3.13. The van der Waals surface area contributed by atoms with Crippen LogP contribution in [0, 0.1) is 6.92 Å². The van der Waals surface area contributed by atoms with Crippen molar-refractivity contribution in [2.75, 3.05) is 13.2 Å². The summed E-state index contributed by atoms with van der Waals surface area (Å²) in [4.78, 5) is 20.6. The summed E-state index contributed by atoms with van der Waals surface area (Å²) in [7, 11) is 0. The van der Waals surface area contributed by atoms with Crippen LogP contribution in [-0.4, -0.2) is 29.1 Å². The van der Waals surface area contributed by atoms with Crippen LogP contribution in [0.2, 0.25) is 5.02 Å². The Labute approximate surface area is 160 Å². The Morgan fingerprint density at radius 1 is 1.42 bits per heavy atom. The smallest absolute Gasteiger partial charge is 0.350 e. The van der Waals surface area contributed by atoms with Gasteiger partial charge in [0.2, 0.25) is 0 Å². The average Bonchev–Trinajstić information content (AvgIpc) is 3.33. The first-order valence-electron chi connectivity index (χ1n) is 8.77. The molecule has 1 aliphatic rings. The highest BCUT2D eigenvalue weighted by atomic mass is 35.5. The van der Waals surface area contributed by atoms with Crippen LogP contribution >= 0.6 is 22.9 Å². The van der Waals surface area contributed by atoms with Gasteiger partial charge in [0.1, 0.15) is 9.88 Å². The maximum absolute atomic E-state index is 12.0. The lowest BCUT2D eigenvalue weighted by Crippen LogP contribution is -2.12. The standard InChI is InChI=1S/C19H20ClN3O2S/c1-3-25-19(24)17-10(2)22-18(26-17)12-7-11-9-15(14-5-4-6-21-14)23-16(11)13(20)8-12/h7-9,14,21,23H,3-6H2,1-2H3. The molecule has 3 heterocycles. The van der Waals surface area contributed by atoms with Crippen molar-refractivity contribution in [2.45, 2.75) is 32.7 Å². The lowest BCUT2D eigenvalue weighted by atomic mass is 10.1. The van der Waals surface area contributed by atoms with Crippen molar-refractivity contribution >= 4 is 39.8 Å². The molecule has 1 unspecified atom stereocenters. The van der Waals surface area contributed by atoms with Gasteiger partial charge < -0.3 is 15.0 Å². The number of esters is 1. The second kappa shape index (κ2) is 7.02. The van der Waals surface area contributed by atoms with E-state index in [0.29, 0.717) is 28.2 Å². The predicted octanol–water partition coefficient (Wildman–Crippen LogP) is 4.85. The summed E-state index contributed by atoms with van der Waals surface area (Å²) in [6.07, 6.45) is 2.32. The van der Waals surface area contributed by atoms with Crippen LogP contribution in [0.25, 0.3) is 21.5 Å². The molecule has 136 valence electrons. The van der Waals surface area contributed by atoms with Gasteiger partial charge >= 0.3 is 5.97 Å². The number of aromatic nitrogens is 2. The number of aryl methyl sites for hydroxylation is 1. The van der Waals surface area contributed by atoms with Crippen LogP contribution in [0.3, 0.4) is 0 Å². The minimum Gasteiger partial charge on any atom is -0.462 e. The van der Waals surface area contributed by atoms with E-state index in [1.807, 2.05) is 13.0 Å². The minimum atomic E-state index is -0.322. The molecule has 0 bridgehead atoms. The largest absolute Gasteiger partial charge is 0.462 e. The Bertz CT molecular complexity index is 973. The van der Waals surface area contributed by atoms with Gasteiger partial charge in [-0.05, 0) is 51.4 Å². The molecule has 0 amide bonds. The molecule has 2 N–H and O–H groups in total. The van der Waals surface area contributed by atoms with Crippen LogP contribution in [0.5, 0.6) is 0 Å². The van der Waals surface area contributed by atoms with E-state index >= 15 is 0 Å². The van der Waals surface area contributed by atoms with Crippen molar-refractivity contribution in [3.8, 4) is 10.6 Å². The lowest BCUT2D eigenvalue weighted by Gasteiger charge is -2.06. The summed E-state index contributed by atoms with van der Waals surface area (Å²) in [6.45, 7) is 5.02. The van der Waals surface area contributed by atoms with E-state index in [-0.39, 0.29) is 5.97 Å². The van der Waals surface area contributed by atoms with Gasteiger partial charge in [-0.2, -0.15) is 0 Å². The molecule has 0 aliphatic carbocycles. The monoisotopic (exact) mass is 389 g/mol. The molecule has 0 spiro atoms. The molecule has 26 heavy (non-hydrogen) atoms. The van der Waals surface area contributed by atoms with Gasteiger partial charge in [-0.25, -0.2) is 9.78 Å². The number of carbonyl (C=O) groups excluding carboxylic acids is 1. The average molecular weight is 390 g/mol. The molecule has 1 fully saturated rings. The first-order chi connectivity index (χ1) is 12.6. The van der Waals surface area contributed by atoms with Crippen LogP contribution in [0.1, 0.15) is 46.9 Å². The van der Waals surface area contributed by atoms with Crippen molar-refractivity contribution < 1.29 is 9.53 Å². The van der Waals surface area contributed by atoms with Crippen molar-refractivity contribution in [1.82, 2.24) is 15.3 Å². The molecule has 0 radical (unpaired) electrons. The zero-order valence-corrected chi connectivity index (χ0v) is 16.3. The van der Waals surface area contributed by atoms with Gasteiger partial charge in [0, 0.05) is 22.7 Å². The third-order valence-corrected chi connectivity index (χ3v) is 6.13. The van der Waals surface area contributed by atoms with Gasteiger partial charge in [-0.15, -0.1) is 11.3 Å². The molecule has 7 heteroatoms. The molecule has 5 nitrogen and oxygen atoms in total. The number of fused-ring (bicyclic) bond motifs is 1. The zero-order valence-electron chi connectivity index (χ0n) is 14.7. The number of aromatic amines is 1. The fraction of sp³-hybridized carbons (Fsp3) is 0.368. The van der Waals surface area contributed by atoms with E-state index in [4.69, 9.17) is 16.3 Å². The quantitative estimate of drug-likeness (QED) is 0.625. The van der Waals surface area contributed by atoms with Crippen LogP contribution < -0.4 is 5.32 Å². The minimum absolute atomic E-state index is 0.322. The number of hydrogen-bond acceptors (Lipinski definition) is 5. The fourth-order valence-corrected chi connectivity index (χ4v) is 4.61. The number of H-pyrrole nitrogens is 1. The highest BCUT2D eigenvalue weighted by molar-refractivity contribution is 7.17. The number of hydrogen-bond donors (Lipinski definition) is 2. The van der Waals surface area contributed by atoms with E-state index in [9.17, 15) is 4.79 Å². The maximum Gasteiger partial charge on any atom is 0.350 e. The number of rotatable bonds is 4.